The smallest absolute Gasteiger partial charge is 0.263 e. The van der Waals surface area contributed by atoms with Crippen LogP contribution >= 0.6 is 34.4 Å². The first kappa shape index (κ1) is 21.8. The van der Waals surface area contributed by atoms with Crippen LogP contribution < -0.4 is 10.9 Å². The monoisotopic (exact) mass is 469 g/mol. The number of aromatic nitrogens is 2. The first-order valence-corrected chi connectivity index (χ1v) is 12.6. The lowest BCUT2D eigenvalue weighted by molar-refractivity contribution is -0.119. The molecule has 0 aliphatic heterocycles. The number of aryl methyl sites for hydroxylation is 2. The number of rotatable bonds is 6. The molecular formula is C23H23N3O2S3. The van der Waals surface area contributed by atoms with Crippen molar-refractivity contribution in [2.75, 3.05) is 5.75 Å². The fourth-order valence-electron chi connectivity index (χ4n) is 3.33. The number of fused-ring (bicyclic) bond motifs is 1. The molecule has 5 nitrogen and oxygen atoms in total. The Morgan fingerprint density at radius 3 is 2.74 bits per heavy atom. The molecule has 0 aliphatic carbocycles. The normalized spacial score (nSPS) is 12.3. The molecule has 0 bridgehead atoms. The van der Waals surface area contributed by atoms with Crippen molar-refractivity contribution in [3.05, 3.63) is 67.4 Å². The summed E-state index contributed by atoms with van der Waals surface area (Å²) in [6, 6.07) is 10.2. The molecule has 4 rings (SSSR count). The number of hydrogen-bond donors (Lipinski definition) is 1. The molecule has 3 heterocycles. The number of carbonyl (C=O) groups excluding carboxylic acids is 1. The van der Waals surface area contributed by atoms with Crippen molar-refractivity contribution in [1.29, 1.82) is 0 Å². The minimum Gasteiger partial charge on any atom is -0.348 e. The highest BCUT2D eigenvalue weighted by molar-refractivity contribution is 7.99. The van der Waals surface area contributed by atoms with E-state index in [2.05, 4.69) is 36.3 Å². The topological polar surface area (TPSA) is 64.0 Å². The number of nitrogens with one attached hydrogen (secondary N) is 1. The van der Waals surface area contributed by atoms with Crippen LogP contribution in [0, 0.1) is 13.8 Å². The average molecular weight is 470 g/mol. The van der Waals surface area contributed by atoms with Crippen LogP contribution in [0.1, 0.15) is 29.0 Å². The van der Waals surface area contributed by atoms with Crippen molar-refractivity contribution in [2.24, 2.45) is 7.05 Å². The van der Waals surface area contributed by atoms with Gasteiger partial charge in [0.25, 0.3) is 5.56 Å². The van der Waals surface area contributed by atoms with Crippen LogP contribution in [0.3, 0.4) is 0 Å². The second-order valence-electron chi connectivity index (χ2n) is 7.48. The van der Waals surface area contributed by atoms with Crippen LogP contribution in [0.5, 0.6) is 0 Å². The number of amides is 1. The highest BCUT2D eigenvalue weighted by Gasteiger charge is 2.17. The molecule has 0 saturated heterocycles. The average Bonchev–Trinajstić information content (AvgIpc) is 3.42. The third-order valence-electron chi connectivity index (χ3n) is 5.27. The summed E-state index contributed by atoms with van der Waals surface area (Å²) in [5.41, 5.74) is 4.26. The van der Waals surface area contributed by atoms with Crippen molar-refractivity contribution in [3.63, 3.8) is 0 Å². The van der Waals surface area contributed by atoms with Gasteiger partial charge in [-0.25, -0.2) is 4.98 Å². The van der Waals surface area contributed by atoms with Gasteiger partial charge < -0.3 is 5.32 Å². The molecule has 160 valence electrons. The van der Waals surface area contributed by atoms with Crippen LogP contribution in [0.25, 0.3) is 21.3 Å². The molecular weight excluding hydrogens is 446 g/mol. The summed E-state index contributed by atoms with van der Waals surface area (Å²) in [4.78, 5) is 32.0. The van der Waals surface area contributed by atoms with Gasteiger partial charge in [0.1, 0.15) is 4.83 Å². The van der Waals surface area contributed by atoms with Gasteiger partial charge in [-0.15, -0.1) is 22.7 Å². The van der Waals surface area contributed by atoms with Crippen molar-refractivity contribution in [1.82, 2.24) is 14.9 Å². The predicted octanol–water partition coefficient (Wildman–Crippen LogP) is 5.31. The van der Waals surface area contributed by atoms with Crippen molar-refractivity contribution in [3.8, 4) is 11.1 Å². The molecule has 3 aromatic heterocycles. The second-order valence-corrected chi connectivity index (χ2v) is 10.3. The predicted molar refractivity (Wildman–Crippen MR) is 131 cm³/mol. The fraction of sp³-hybridized carbons (Fsp3) is 0.261. The standard InChI is InChI=1S/C23H23N3O2S3/c1-13-7-8-16(10-14(13)2)17-11-30-21-20(17)22(28)26(4)23(25-21)31-12-19(27)24-15(3)18-6-5-9-29-18/h5-11,15H,12H2,1-4H3,(H,24,27). The van der Waals surface area contributed by atoms with E-state index in [1.165, 1.54) is 34.2 Å². The van der Waals surface area contributed by atoms with Gasteiger partial charge in [-0.2, -0.15) is 0 Å². The maximum Gasteiger partial charge on any atom is 0.263 e. The number of carbonyl (C=O) groups is 1. The molecule has 0 fully saturated rings. The SMILES string of the molecule is Cc1ccc(-c2csc3nc(SCC(=O)NC(C)c4cccs4)n(C)c(=O)c23)cc1C. The molecule has 4 aromatic rings. The number of nitrogens with zero attached hydrogens (tertiary/aromatic N) is 2. The first-order chi connectivity index (χ1) is 14.8. The second kappa shape index (κ2) is 8.98. The van der Waals surface area contributed by atoms with Crippen LogP contribution in [0.15, 0.2) is 51.0 Å². The molecule has 31 heavy (non-hydrogen) atoms. The van der Waals surface area contributed by atoms with Gasteiger partial charge in [-0.05, 0) is 48.9 Å². The lowest BCUT2D eigenvalue weighted by atomic mass is 10.0. The highest BCUT2D eigenvalue weighted by atomic mass is 32.2. The third-order valence-corrected chi connectivity index (χ3v) is 8.23. The molecule has 1 aromatic carbocycles. The van der Waals surface area contributed by atoms with Crippen LogP contribution in [-0.4, -0.2) is 21.2 Å². The maximum atomic E-state index is 13.2. The molecule has 1 unspecified atom stereocenters. The molecule has 1 amide bonds. The molecule has 0 radical (unpaired) electrons. The number of thioether (sulfide) groups is 1. The Kier molecular flexibility index (Phi) is 6.31. The number of benzene rings is 1. The van der Waals surface area contributed by atoms with E-state index in [1.807, 2.05) is 35.9 Å². The van der Waals surface area contributed by atoms with Crippen LogP contribution in [-0.2, 0) is 11.8 Å². The summed E-state index contributed by atoms with van der Waals surface area (Å²) in [5.74, 6) is 0.124. The van der Waals surface area contributed by atoms with Gasteiger partial charge in [0.2, 0.25) is 5.91 Å². The highest BCUT2D eigenvalue weighted by Crippen LogP contribution is 2.33. The summed E-state index contributed by atoms with van der Waals surface area (Å²) in [5, 5.41) is 8.17. The summed E-state index contributed by atoms with van der Waals surface area (Å²) >= 11 is 4.36. The summed E-state index contributed by atoms with van der Waals surface area (Å²) in [6.07, 6.45) is 0. The van der Waals surface area contributed by atoms with Crippen molar-refractivity contribution in [2.45, 2.75) is 32.0 Å². The first-order valence-electron chi connectivity index (χ1n) is 9.86. The van der Waals surface area contributed by atoms with E-state index >= 15 is 0 Å². The van der Waals surface area contributed by atoms with Crippen LogP contribution in [0.2, 0.25) is 0 Å². The maximum absolute atomic E-state index is 13.2. The fourth-order valence-corrected chi connectivity index (χ4v) is 5.83. The zero-order chi connectivity index (χ0) is 22.1. The Bertz CT molecular complexity index is 1310. The zero-order valence-electron chi connectivity index (χ0n) is 17.8. The molecule has 0 spiro atoms. The lowest BCUT2D eigenvalue weighted by Gasteiger charge is -2.12. The quantitative estimate of drug-likeness (QED) is 0.307. The van der Waals surface area contributed by atoms with Gasteiger partial charge in [0.05, 0.1) is 17.2 Å². The van der Waals surface area contributed by atoms with E-state index < -0.39 is 0 Å². The van der Waals surface area contributed by atoms with Gasteiger partial charge >= 0.3 is 0 Å². The minimum absolute atomic E-state index is 0.0369. The van der Waals surface area contributed by atoms with Gasteiger partial charge in [-0.3, -0.25) is 14.2 Å². The largest absolute Gasteiger partial charge is 0.348 e. The zero-order valence-corrected chi connectivity index (χ0v) is 20.2. The van der Waals surface area contributed by atoms with Crippen LogP contribution in [0.4, 0.5) is 0 Å². The Labute approximate surface area is 193 Å². The molecule has 1 N–H and O–H groups in total. The van der Waals surface area contributed by atoms with E-state index in [9.17, 15) is 9.59 Å². The van der Waals surface area contributed by atoms with E-state index in [-0.39, 0.29) is 23.3 Å². The van der Waals surface area contributed by atoms with Gasteiger partial charge in [-0.1, -0.05) is 36.0 Å². The summed E-state index contributed by atoms with van der Waals surface area (Å²) in [6.45, 7) is 6.11. The van der Waals surface area contributed by atoms with Crippen molar-refractivity contribution >= 4 is 50.6 Å². The third kappa shape index (κ3) is 4.46. The number of hydrogen-bond acceptors (Lipinski definition) is 6. The Hall–Kier alpha value is -2.42. The molecule has 8 heteroatoms. The van der Waals surface area contributed by atoms with E-state index in [0.717, 1.165) is 16.0 Å². The minimum atomic E-state index is -0.0886. The lowest BCUT2D eigenvalue weighted by Crippen LogP contribution is -2.28. The van der Waals surface area contributed by atoms with Crippen molar-refractivity contribution < 1.29 is 4.79 Å². The molecule has 1 atom stereocenters. The van der Waals surface area contributed by atoms with Gasteiger partial charge in [0, 0.05) is 22.9 Å². The summed E-state index contributed by atoms with van der Waals surface area (Å²) < 4.78 is 1.54. The van der Waals surface area contributed by atoms with Gasteiger partial charge in [0.15, 0.2) is 5.16 Å². The Balaban J connectivity index is 1.56. The Morgan fingerprint density at radius 1 is 1.23 bits per heavy atom. The summed E-state index contributed by atoms with van der Waals surface area (Å²) in [7, 11) is 1.71. The molecule has 0 aliphatic rings. The van der Waals surface area contributed by atoms with E-state index in [1.54, 1.807) is 23.0 Å². The number of thiophene rings is 2. The van der Waals surface area contributed by atoms with E-state index in [0.29, 0.717) is 15.4 Å². The Morgan fingerprint density at radius 2 is 2.03 bits per heavy atom. The molecule has 0 saturated carbocycles. The van der Waals surface area contributed by atoms with E-state index in [4.69, 9.17) is 0 Å².